The number of ketones is 1. The van der Waals surface area contributed by atoms with Crippen LogP contribution in [-0.2, 0) is 33.4 Å². The molecule has 0 aromatic rings. The number of unbranched alkanes of at least 4 members (excludes halogenated alkanes) is 15. The van der Waals surface area contributed by atoms with E-state index in [1.165, 1.54) is 77.0 Å². The molecule has 1 N–H and O–H groups in total. The van der Waals surface area contributed by atoms with Gasteiger partial charge in [-0.05, 0) is 12.8 Å². The number of aliphatic hydroxyl groups is 1. The maximum Gasteiger partial charge on any atom is 0.339 e. The molecule has 0 aliphatic carbocycles. The first kappa shape index (κ1) is 36.0. The minimum Gasteiger partial charge on any atom is -0.468 e. The monoisotopic (exact) mass is 542 g/mol. The van der Waals surface area contributed by atoms with Crippen LogP contribution in [0.2, 0.25) is 0 Å². The highest BCUT2D eigenvalue weighted by atomic mass is 16.6. The average molecular weight is 543 g/mol. The molecule has 0 aromatic carbocycles. The zero-order valence-electron chi connectivity index (χ0n) is 24.5. The summed E-state index contributed by atoms with van der Waals surface area (Å²) in [7, 11) is 2.05. The summed E-state index contributed by atoms with van der Waals surface area (Å²) >= 11 is 0. The molecule has 0 aliphatic rings. The van der Waals surface area contributed by atoms with E-state index in [1.54, 1.807) is 6.92 Å². The van der Waals surface area contributed by atoms with Gasteiger partial charge >= 0.3 is 17.9 Å². The lowest BCUT2D eigenvalue weighted by molar-refractivity contribution is -0.185. The fourth-order valence-electron chi connectivity index (χ4n) is 4.68. The van der Waals surface area contributed by atoms with Gasteiger partial charge in [0.2, 0.25) is 0 Å². The van der Waals surface area contributed by atoms with Gasteiger partial charge in [0.15, 0.2) is 17.3 Å². The number of carbonyl (C=O) groups excluding carboxylic acids is 4. The van der Waals surface area contributed by atoms with Crippen molar-refractivity contribution in [3.05, 3.63) is 0 Å². The van der Waals surface area contributed by atoms with Crippen LogP contribution in [0.25, 0.3) is 0 Å². The highest BCUT2D eigenvalue weighted by molar-refractivity contribution is 6.06. The number of methoxy groups -OCH3 is 2. The van der Waals surface area contributed by atoms with E-state index in [0.29, 0.717) is 12.8 Å². The summed E-state index contributed by atoms with van der Waals surface area (Å²) in [4.78, 5) is 49.5. The van der Waals surface area contributed by atoms with E-state index in [1.807, 2.05) is 0 Å². The molecule has 0 saturated heterocycles. The maximum atomic E-state index is 12.5. The third-order valence-corrected chi connectivity index (χ3v) is 6.95. The topological polar surface area (TPSA) is 116 Å². The largest absolute Gasteiger partial charge is 0.468 e. The summed E-state index contributed by atoms with van der Waals surface area (Å²) in [6, 6.07) is 0. The highest BCUT2D eigenvalue weighted by Gasteiger charge is 2.54. The Morgan fingerprint density at radius 3 is 1.50 bits per heavy atom. The molecule has 0 saturated carbocycles. The summed E-state index contributed by atoms with van der Waals surface area (Å²) in [5.41, 5.74) is -2.68. The lowest BCUT2D eigenvalue weighted by Crippen LogP contribution is -2.55. The Labute approximate surface area is 230 Å². The second-order valence-electron chi connectivity index (χ2n) is 10.3. The number of rotatable bonds is 25. The van der Waals surface area contributed by atoms with Gasteiger partial charge in [-0.15, -0.1) is 0 Å². The van der Waals surface area contributed by atoms with Crippen LogP contribution in [0.3, 0.4) is 0 Å². The van der Waals surface area contributed by atoms with Gasteiger partial charge in [-0.25, -0.2) is 4.79 Å². The normalized spacial score (nSPS) is 13.4. The predicted octanol–water partition coefficient (Wildman–Crippen LogP) is 6.24. The van der Waals surface area contributed by atoms with Crippen LogP contribution >= 0.6 is 0 Å². The van der Waals surface area contributed by atoms with Crippen LogP contribution in [-0.4, -0.2) is 55.2 Å². The van der Waals surface area contributed by atoms with Gasteiger partial charge in [0.25, 0.3) is 0 Å². The number of hydrogen-bond acceptors (Lipinski definition) is 8. The summed E-state index contributed by atoms with van der Waals surface area (Å²) in [5.74, 6) is -5.78. The molecule has 0 fully saturated rings. The third kappa shape index (κ3) is 15.5. The van der Waals surface area contributed by atoms with Crippen LogP contribution in [0.4, 0.5) is 0 Å². The van der Waals surface area contributed by atoms with Gasteiger partial charge in [0.1, 0.15) is 0 Å². The molecule has 0 heterocycles. The molecule has 0 amide bonds. The summed E-state index contributed by atoms with van der Waals surface area (Å²) in [6.07, 6.45) is 19.2. The van der Waals surface area contributed by atoms with Crippen molar-refractivity contribution in [2.75, 3.05) is 20.8 Å². The standard InChI is InChI=1S/C30H54O8/c1-5-7-8-9-10-11-12-13-14-15-16-17-18-19-20-21-23-38-26(32)24-30(35,29(34)37-4)27(28(33)36-3)25(31)22-6-2/h27,35H,5-24H2,1-4H3. The van der Waals surface area contributed by atoms with Crippen molar-refractivity contribution in [2.24, 2.45) is 5.92 Å². The fourth-order valence-corrected chi connectivity index (χ4v) is 4.68. The quantitative estimate of drug-likeness (QED) is 0.0623. The SMILES string of the molecule is CCCCCCCCCCCCCCCCCCOC(=O)CC(O)(C(=O)OC)C(C(=O)CCC)C(=O)OC. The number of Topliss-reactive ketones (excluding diaryl/α,β-unsaturated/α-hetero) is 1. The average Bonchev–Trinajstić information content (AvgIpc) is 2.89. The minimum absolute atomic E-state index is 0.0622. The molecule has 0 spiro atoms. The van der Waals surface area contributed by atoms with Crippen molar-refractivity contribution in [2.45, 2.75) is 141 Å². The van der Waals surface area contributed by atoms with E-state index >= 15 is 0 Å². The van der Waals surface area contributed by atoms with E-state index in [-0.39, 0.29) is 13.0 Å². The Morgan fingerprint density at radius 2 is 1.11 bits per heavy atom. The van der Waals surface area contributed by atoms with E-state index in [0.717, 1.165) is 33.5 Å². The van der Waals surface area contributed by atoms with Gasteiger partial charge < -0.3 is 19.3 Å². The Hall–Kier alpha value is -1.96. The molecule has 8 nitrogen and oxygen atoms in total. The number of hydrogen-bond donors (Lipinski definition) is 1. The van der Waals surface area contributed by atoms with E-state index in [9.17, 15) is 24.3 Å². The van der Waals surface area contributed by atoms with E-state index < -0.39 is 41.6 Å². The molecule has 2 unspecified atom stereocenters. The first-order chi connectivity index (χ1) is 18.3. The van der Waals surface area contributed by atoms with Crippen molar-refractivity contribution in [3.8, 4) is 0 Å². The molecular weight excluding hydrogens is 488 g/mol. The Morgan fingerprint density at radius 1 is 0.658 bits per heavy atom. The maximum absolute atomic E-state index is 12.5. The lowest BCUT2D eigenvalue weighted by Gasteiger charge is -2.30. The molecule has 0 aliphatic heterocycles. The van der Waals surface area contributed by atoms with Crippen molar-refractivity contribution < 1.29 is 38.5 Å². The van der Waals surface area contributed by atoms with Gasteiger partial charge in [-0.1, -0.05) is 110 Å². The smallest absolute Gasteiger partial charge is 0.339 e. The van der Waals surface area contributed by atoms with Crippen molar-refractivity contribution in [1.82, 2.24) is 0 Å². The summed E-state index contributed by atoms with van der Waals surface area (Å²) in [6.45, 7) is 4.11. The van der Waals surface area contributed by atoms with E-state index in [2.05, 4.69) is 16.4 Å². The Kier molecular flexibility index (Phi) is 21.8. The van der Waals surface area contributed by atoms with Crippen molar-refractivity contribution >= 4 is 23.7 Å². The molecule has 2 atom stereocenters. The van der Waals surface area contributed by atoms with Crippen LogP contribution in [0.15, 0.2) is 0 Å². The van der Waals surface area contributed by atoms with Gasteiger partial charge in [0.05, 0.1) is 27.2 Å². The van der Waals surface area contributed by atoms with Crippen molar-refractivity contribution in [1.29, 1.82) is 0 Å². The number of ether oxygens (including phenoxy) is 3. The van der Waals surface area contributed by atoms with Gasteiger partial charge in [0, 0.05) is 6.42 Å². The summed E-state index contributed by atoms with van der Waals surface area (Å²) < 4.78 is 14.4. The minimum atomic E-state index is -2.68. The zero-order chi connectivity index (χ0) is 28.7. The highest BCUT2D eigenvalue weighted by Crippen LogP contribution is 2.28. The first-order valence-electron chi connectivity index (χ1n) is 14.8. The van der Waals surface area contributed by atoms with Crippen LogP contribution in [0.1, 0.15) is 136 Å². The molecule has 0 aromatic heterocycles. The lowest BCUT2D eigenvalue weighted by atomic mass is 9.80. The van der Waals surface area contributed by atoms with Crippen molar-refractivity contribution in [3.63, 3.8) is 0 Å². The van der Waals surface area contributed by atoms with Crippen LogP contribution in [0.5, 0.6) is 0 Å². The summed E-state index contributed by atoms with van der Waals surface area (Å²) in [5, 5.41) is 11.0. The first-order valence-corrected chi connectivity index (χ1v) is 14.8. The molecule has 0 rings (SSSR count). The predicted molar refractivity (Wildman–Crippen MR) is 148 cm³/mol. The fraction of sp³-hybridized carbons (Fsp3) is 0.867. The third-order valence-electron chi connectivity index (χ3n) is 6.95. The molecular formula is C30H54O8. The van der Waals surface area contributed by atoms with Gasteiger partial charge in [-0.2, -0.15) is 0 Å². The zero-order valence-corrected chi connectivity index (χ0v) is 24.5. The molecule has 222 valence electrons. The molecule has 8 heteroatoms. The second kappa shape index (κ2) is 23.0. The Balaban J connectivity index is 4.16. The second-order valence-corrected chi connectivity index (χ2v) is 10.3. The molecule has 0 bridgehead atoms. The van der Waals surface area contributed by atoms with Gasteiger partial charge in [-0.3, -0.25) is 14.4 Å². The molecule has 38 heavy (non-hydrogen) atoms. The number of carbonyl (C=O) groups is 4. The Bertz CT molecular complexity index is 663. The van der Waals surface area contributed by atoms with Crippen LogP contribution < -0.4 is 0 Å². The van der Waals surface area contributed by atoms with Crippen LogP contribution in [0, 0.1) is 5.92 Å². The van der Waals surface area contributed by atoms with E-state index in [4.69, 9.17) is 4.74 Å². The number of esters is 3. The molecule has 0 radical (unpaired) electrons.